The number of rotatable bonds is 4. The molecule has 0 spiro atoms. The number of carbonyl (C=O) groups excluding carboxylic acids is 1. The Labute approximate surface area is 104 Å². The lowest BCUT2D eigenvalue weighted by Crippen LogP contribution is -2.24. The van der Waals surface area contributed by atoms with Gasteiger partial charge in [-0.05, 0) is 11.1 Å². The van der Waals surface area contributed by atoms with Crippen LogP contribution >= 0.6 is 0 Å². The van der Waals surface area contributed by atoms with Crippen molar-refractivity contribution in [3.8, 4) is 0 Å². The number of hydrogen-bond acceptors (Lipinski definition) is 5. The minimum Gasteiger partial charge on any atom is -0.345 e. The molecule has 1 heterocycles. The number of amides is 1. The molecule has 0 saturated heterocycles. The molecule has 2 rings (SSSR count). The van der Waals surface area contributed by atoms with Crippen molar-refractivity contribution in [3.63, 3.8) is 0 Å². The molecule has 2 aromatic rings. The molecule has 1 aromatic heterocycles. The molecular weight excluding hydrogens is 232 g/mol. The Bertz CT molecular complexity index is 551. The molecule has 0 bridgehead atoms. The first-order chi connectivity index (χ1) is 8.70. The Hall–Kier alpha value is -2.21. The van der Waals surface area contributed by atoms with Gasteiger partial charge in [-0.25, -0.2) is 0 Å². The molecule has 0 fully saturated rings. The molecule has 0 saturated carbocycles. The van der Waals surface area contributed by atoms with Crippen LogP contribution in [0.1, 0.15) is 27.6 Å². The number of aromatic nitrogens is 2. The van der Waals surface area contributed by atoms with Gasteiger partial charge < -0.3 is 15.6 Å². The van der Waals surface area contributed by atoms with Gasteiger partial charge in [-0.3, -0.25) is 4.79 Å². The van der Waals surface area contributed by atoms with E-state index in [9.17, 15) is 4.79 Å². The number of carbonyl (C=O) groups is 1. The molecule has 1 amide bonds. The van der Waals surface area contributed by atoms with E-state index in [1.165, 1.54) is 0 Å². The van der Waals surface area contributed by atoms with Crippen molar-refractivity contribution >= 4 is 5.91 Å². The number of nitrogens with two attached hydrogens (primary N) is 1. The maximum atomic E-state index is 11.7. The molecule has 0 atom stereocenters. The van der Waals surface area contributed by atoms with E-state index < -0.39 is 0 Å². The van der Waals surface area contributed by atoms with E-state index in [4.69, 9.17) is 10.3 Å². The summed E-state index contributed by atoms with van der Waals surface area (Å²) in [6.45, 7) is 2.46. The second-order valence-corrected chi connectivity index (χ2v) is 3.79. The maximum Gasteiger partial charge on any atom is 0.292 e. The molecule has 0 aliphatic rings. The van der Waals surface area contributed by atoms with Crippen LogP contribution in [0.4, 0.5) is 0 Å². The molecule has 3 N–H and O–H groups in total. The molecule has 18 heavy (non-hydrogen) atoms. The van der Waals surface area contributed by atoms with E-state index in [2.05, 4.69) is 15.5 Å². The van der Waals surface area contributed by atoms with Crippen molar-refractivity contribution in [1.82, 2.24) is 15.5 Å². The van der Waals surface area contributed by atoms with Gasteiger partial charge >= 0.3 is 0 Å². The van der Waals surface area contributed by atoms with Gasteiger partial charge in [-0.2, -0.15) is 4.98 Å². The van der Waals surface area contributed by atoms with E-state index >= 15 is 0 Å². The minimum atomic E-state index is -0.362. The number of nitrogens with one attached hydrogen (secondary N) is 1. The molecule has 94 valence electrons. The molecule has 0 aliphatic carbocycles. The van der Waals surface area contributed by atoms with Crippen LogP contribution in [0.15, 0.2) is 28.8 Å². The molecular formula is C12H14N4O2. The monoisotopic (exact) mass is 246 g/mol. The van der Waals surface area contributed by atoms with Crippen LogP contribution in [0.25, 0.3) is 0 Å². The van der Waals surface area contributed by atoms with Crippen LogP contribution in [-0.2, 0) is 13.1 Å². The lowest BCUT2D eigenvalue weighted by Gasteiger charge is -2.07. The SMILES string of the molecule is Cc1nc(C(=O)NCc2ccccc2CN)no1. The van der Waals surface area contributed by atoms with Crippen LogP contribution in [0, 0.1) is 6.92 Å². The third-order valence-electron chi connectivity index (χ3n) is 2.51. The Morgan fingerprint density at radius 3 is 2.72 bits per heavy atom. The van der Waals surface area contributed by atoms with Crippen LogP contribution < -0.4 is 11.1 Å². The van der Waals surface area contributed by atoms with E-state index in [0.29, 0.717) is 19.0 Å². The van der Waals surface area contributed by atoms with Gasteiger partial charge in [0.15, 0.2) is 0 Å². The van der Waals surface area contributed by atoms with Gasteiger partial charge in [-0.1, -0.05) is 29.4 Å². The normalized spacial score (nSPS) is 10.3. The highest BCUT2D eigenvalue weighted by Gasteiger charge is 2.12. The van der Waals surface area contributed by atoms with Crippen LogP contribution in [-0.4, -0.2) is 16.0 Å². The van der Waals surface area contributed by atoms with Crippen molar-refractivity contribution in [3.05, 3.63) is 47.1 Å². The number of nitrogens with zero attached hydrogens (tertiary/aromatic N) is 2. The topological polar surface area (TPSA) is 94.0 Å². The van der Waals surface area contributed by atoms with Crippen molar-refractivity contribution < 1.29 is 9.32 Å². The predicted molar refractivity (Wildman–Crippen MR) is 64.5 cm³/mol. The first-order valence-electron chi connectivity index (χ1n) is 5.56. The number of hydrogen-bond donors (Lipinski definition) is 2. The van der Waals surface area contributed by atoms with Gasteiger partial charge in [0.25, 0.3) is 11.7 Å². The molecule has 6 heteroatoms. The van der Waals surface area contributed by atoms with Crippen LogP contribution in [0.3, 0.4) is 0 Å². The molecule has 1 aromatic carbocycles. The quantitative estimate of drug-likeness (QED) is 0.830. The predicted octanol–water partition coefficient (Wildman–Crippen LogP) is 0.767. The molecule has 0 aliphatic heterocycles. The molecule has 0 unspecified atom stereocenters. The fraction of sp³-hybridized carbons (Fsp3) is 0.250. The molecule has 0 radical (unpaired) electrons. The second-order valence-electron chi connectivity index (χ2n) is 3.79. The lowest BCUT2D eigenvalue weighted by atomic mass is 10.1. The van der Waals surface area contributed by atoms with Gasteiger partial charge in [0.2, 0.25) is 5.89 Å². The van der Waals surface area contributed by atoms with Gasteiger partial charge in [0, 0.05) is 20.0 Å². The summed E-state index contributed by atoms with van der Waals surface area (Å²) in [5, 5.41) is 6.27. The lowest BCUT2D eigenvalue weighted by molar-refractivity contribution is 0.0937. The summed E-state index contributed by atoms with van der Waals surface area (Å²) < 4.78 is 4.74. The van der Waals surface area contributed by atoms with E-state index in [1.54, 1.807) is 6.92 Å². The highest BCUT2D eigenvalue weighted by molar-refractivity contribution is 5.90. The summed E-state index contributed by atoms with van der Waals surface area (Å²) in [7, 11) is 0. The summed E-state index contributed by atoms with van der Waals surface area (Å²) in [6, 6.07) is 7.67. The van der Waals surface area contributed by atoms with Gasteiger partial charge in [-0.15, -0.1) is 0 Å². The average molecular weight is 246 g/mol. The van der Waals surface area contributed by atoms with E-state index in [1.807, 2.05) is 24.3 Å². The summed E-state index contributed by atoms with van der Waals surface area (Å²) in [4.78, 5) is 15.6. The van der Waals surface area contributed by atoms with Crippen LogP contribution in [0.2, 0.25) is 0 Å². The zero-order chi connectivity index (χ0) is 13.0. The van der Waals surface area contributed by atoms with E-state index in [-0.39, 0.29) is 11.7 Å². The highest BCUT2D eigenvalue weighted by atomic mass is 16.5. The third-order valence-corrected chi connectivity index (χ3v) is 2.51. The Morgan fingerprint density at radius 1 is 1.39 bits per heavy atom. The Balaban J connectivity index is 2.01. The van der Waals surface area contributed by atoms with Crippen LogP contribution in [0.5, 0.6) is 0 Å². The Morgan fingerprint density at radius 2 is 2.11 bits per heavy atom. The molecule has 6 nitrogen and oxygen atoms in total. The maximum absolute atomic E-state index is 11.7. The van der Waals surface area contributed by atoms with E-state index in [0.717, 1.165) is 11.1 Å². The van der Waals surface area contributed by atoms with Gasteiger partial charge in [0.05, 0.1) is 0 Å². The fourth-order valence-corrected chi connectivity index (χ4v) is 1.58. The minimum absolute atomic E-state index is 0.0396. The standard InChI is InChI=1S/C12H14N4O2/c1-8-15-11(16-18-8)12(17)14-7-10-5-3-2-4-9(10)6-13/h2-5H,6-7,13H2,1H3,(H,14,17). The number of benzene rings is 1. The summed E-state index contributed by atoms with van der Waals surface area (Å²) >= 11 is 0. The van der Waals surface area contributed by atoms with Crippen molar-refractivity contribution in [2.75, 3.05) is 0 Å². The zero-order valence-electron chi connectivity index (χ0n) is 10.0. The van der Waals surface area contributed by atoms with Crippen molar-refractivity contribution in [2.24, 2.45) is 5.73 Å². The second kappa shape index (κ2) is 5.42. The first kappa shape index (κ1) is 12.3. The smallest absolute Gasteiger partial charge is 0.292 e. The fourth-order valence-electron chi connectivity index (χ4n) is 1.58. The largest absolute Gasteiger partial charge is 0.345 e. The summed E-state index contributed by atoms with van der Waals surface area (Å²) in [5.74, 6) is 0.0407. The van der Waals surface area contributed by atoms with Crippen molar-refractivity contribution in [2.45, 2.75) is 20.0 Å². The Kier molecular flexibility index (Phi) is 3.69. The first-order valence-corrected chi connectivity index (χ1v) is 5.56. The summed E-state index contributed by atoms with van der Waals surface area (Å²) in [5.41, 5.74) is 7.60. The number of aryl methyl sites for hydroxylation is 1. The highest BCUT2D eigenvalue weighted by Crippen LogP contribution is 2.07. The van der Waals surface area contributed by atoms with Gasteiger partial charge in [0.1, 0.15) is 0 Å². The summed E-state index contributed by atoms with van der Waals surface area (Å²) in [6.07, 6.45) is 0. The zero-order valence-corrected chi connectivity index (χ0v) is 10.0. The van der Waals surface area contributed by atoms with Crippen molar-refractivity contribution in [1.29, 1.82) is 0 Å². The third kappa shape index (κ3) is 2.72. The average Bonchev–Trinajstić information content (AvgIpc) is 2.83.